The molecule has 0 unspecified atom stereocenters. The highest BCUT2D eigenvalue weighted by atomic mass is 15.3. The first-order valence-corrected chi connectivity index (χ1v) is 7.66. The van der Waals surface area contributed by atoms with E-state index in [1.54, 1.807) is 4.52 Å². The molecule has 0 atom stereocenters. The van der Waals surface area contributed by atoms with Gasteiger partial charge in [0.25, 0.3) is 5.78 Å². The fourth-order valence-corrected chi connectivity index (χ4v) is 2.63. The molecule has 0 aliphatic rings. The van der Waals surface area contributed by atoms with Crippen LogP contribution in [0.5, 0.6) is 0 Å². The highest BCUT2D eigenvalue weighted by Gasteiger charge is 2.07. The summed E-state index contributed by atoms with van der Waals surface area (Å²) in [6.45, 7) is 3.94. The highest BCUT2D eigenvalue weighted by molar-refractivity contribution is 5.64. The molecule has 0 saturated carbocycles. The first-order chi connectivity index (χ1) is 11.6. The molecular formula is C17H17N7. The van der Waals surface area contributed by atoms with Crippen LogP contribution in [-0.4, -0.2) is 33.7 Å². The molecule has 24 heavy (non-hydrogen) atoms. The van der Waals surface area contributed by atoms with Gasteiger partial charge in [0.2, 0.25) is 0 Å². The first kappa shape index (κ1) is 14.4. The standard InChI is InChI=1S/C17H17N7/c1-12-10-13(2)24-17(18-12)19-14(21-24)6-7-15-20-16(11-22(15)3)23-8-4-5-9-23/h4-11H,1-3H3. The van der Waals surface area contributed by atoms with Crippen molar-refractivity contribution in [1.29, 1.82) is 0 Å². The van der Waals surface area contributed by atoms with Gasteiger partial charge in [-0.3, -0.25) is 0 Å². The Morgan fingerprint density at radius 2 is 1.79 bits per heavy atom. The second-order valence-electron chi connectivity index (χ2n) is 5.71. The van der Waals surface area contributed by atoms with Gasteiger partial charge in [0, 0.05) is 37.0 Å². The molecule has 0 aromatic carbocycles. The van der Waals surface area contributed by atoms with Crippen LogP contribution >= 0.6 is 0 Å². The Kier molecular flexibility index (Phi) is 3.26. The predicted octanol–water partition coefficient (Wildman–Crippen LogP) is 2.44. The Labute approximate surface area is 138 Å². The molecule has 120 valence electrons. The number of hydrogen-bond donors (Lipinski definition) is 0. The fourth-order valence-electron chi connectivity index (χ4n) is 2.63. The van der Waals surface area contributed by atoms with Crippen molar-refractivity contribution in [2.75, 3.05) is 0 Å². The lowest BCUT2D eigenvalue weighted by atomic mass is 10.4. The number of rotatable bonds is 3. The molecule has 7 heteroatoms. The third-order valence-corrected chi connectivity index (χ3v) is 3.78. The van der Waals surface area contributed by atoms with E-state index in [-0.39, 0.29) is 0 Å². The van der Waals surface area contributed by atoms with Gasteiger partial charge >= 0.3 is 0 Å². The summed E-state index contributed by atoms with van der Waals surface area (Å²) in [5.41, 5.74) is 1.94. The maximum atomic E-state index is 4.61. The van der Waals surface area contributed by atoms with Crippen LogP contribution in [0.4, 0.5) is 0 Å². The maximum absolute atomic E-state index is 4.61. The minimum Gasteiger partial charge on any atom is -0.332 e. The van der Waals surface area contributed by atoms with Gasteiger partial charge in [-0.1, -0.05) is 0 Å². The zero-order valence-electron chi connectivity index (χ0n) is 13.7. The predicted molar refractivity (Wildman–Crippen MR) is 91.7 cm³/mol. The van der Waals surface area contributed by atoms with E-state index >= 15 is 0 Å². The molecule has 4 rings (SSSR count). The van der Waals surface area contributed by atoms with Crippen LogP contribution < -0.4 is 0 Å². The average molecular weight is 319 g/mol. The van der Waals surface area contributed by atoms with Crippen LogP contribution in [0.25, 0.3) is 23.7 Å². The van der Waals surface area contributed by atoms with Crippen molar-refractivity contribution in [2.24, 2.45) is 7.05 Å². The third kappa shape index (κ3) is 2.50. The molecule has 7 nitrogen and oxygen atoms in total. The van der Waals surface area contributed by atoms with Crippen LogP contribution in [0.15, 0.2) is 36.8 Å². The number of fused-ring (bicyclic) bond motifs is 1. The summed E-state index contributed by atoms with van der Waals surface area (Å²) in [5, 5.41) is 4.47. The van der Waals surface area contributed by atoms with Gasteiger partial charge in [-0.25, -0.2) is 14.5 Å². The number of imidazole rings is 1. The molecule has 0 fully saturated rings. The molecule has 0 bridgehead atoms. The van der Waals surface area contributed by atoms with E-state index in [2.05, 4.69) is 20.1 Å². The lowest BCUT2D eigenvalue weighted by Gasteiger charge is -1.97. The highest BCUT2D eigenvalue weighted by Crippen LogP contribution is 2.11. The van der Waals surface area contributed by atoms with Crippen molar-refractivity contribution in [1.82, 2.24) is 33.7 Å². The topological polar surface area (TPSA) is 65.8 Å². The summed E-state index contributed by atoms with van der Waals surface area (Å²) < 4.78 is 5.68. The smallest absolute Gasteiger partial charge is 0.253 e. The SMILES string of the molecule is Cc1cc(C)n2nc(C=Cc3nc(-n4cccc4)cn3C)nc2n1. The summed E-state index contributed by atoms with van der Waals surface area (Å²) in [5.74, 6) is 2.93. The molecule has 0 saturated heterocycles. The van der Waals surface area contributed by atoms with E-state index < -0.39 is 0 Å². The summed E-state index contributed by atoms with van der Waals surface area (Å²) in [6.07, 6.45) is 9.67. The summed E-state index contributed by atoms with van der Waals surface area (Å²) in [7, 11) is 1.96. The van der Waals surface area contributed by atoms with Crippen LogP contribution in [-0.2, 0) is 7.05 Å². The Morgan fingerprint density at radius 3 is 2.58 bits per heavy atom. The molecule has 0 radical (unpaired) electrons. The minimum atomic E-state index is 0.611. The Balaban J connectivity index is 1.67. The summed E-state index contributed by atoms with van der Waals surface area (Å²) in [4.78, 5) is 13.5. The summed E-state index contributed by atoms with van der Waals surface area (Å²) >= 11 is 0. The van der Waals surface area contributed by atoms with Crippen molar-refractivity contribution < 1.29 is 0 Å². The van der Waals surface area contributed by atoms with Crippen LogP contribution in [0, 0.1) is 13.8 Å². The summed E-state index contributed by atoms with van der Waals surface area (Å²) in [6, 6.07) is 5.93. The molecule has 4 aromatic rings. The van der Waals surface area contributed by atoms with Gasteiger partial charge in [0.15, 0.2) is 11.6 Å². The molecule has 4 heterocycles. The van der Waals surface area contributed by atoms with E-state index in [1.165, 1.54) is 0 Å². The lowest BCUT2D eigenvalue weighted by Crippen LogP contribution is -1.97. The van der Waals surface area contributed by atoms with E-state index in [9.17, 15) is 0 Å². The van der Waals surface area contributed by atoms with E-state index in [4.69, 9.17) is 0 Å². The maximum Gasteiger partial charge on any atom is 0.253 e. The van der Waals surface area contributed by atoms with E-state index in [0.717, 1.165) is 23.0 Å². The monoisotopic (exact) mass is 319 g/mol. The van der Waals surface area contributed by atoms with Crippen molar-refractivity contribution in [3.05, 3.63) is 59.8 Å². The normalized spacial score (nSPS) is 11.8. The molecule has 0 amide bonds. The fraction of sp³-hybridized carbons (Fsp3) is 0.176. The average Bonchev–Trinajstić information content (AvgIpc) is 3.24. The number of hydrogen-bond acceptors (Lipinski definition) is 4. The van der Waals surface area contributed by atoms with E-state index in [1.807, 2.05) is 79.0 Å². The largest absolute Gasteiger partial charge is 0.332 e. The Morgan fingerprint density at radius 1 is 1.00 bits per heavy atom. The third-order valence-electron chi connectivity index (χ3n) is 3.78. The number of aryl methyl sites for hydroxylation is 3. The van der Waals surface area contributed by atoms with Crippen molar-refractivity contribution >= 4 is 17.9 Å². The second kappa shape index (κ2) is 5.45. The van der Waals surface area contributed by atoms with Gasteiger partial charge in [0.1, 0.15) is 5.82 Å². The quantitative estimate of drug-likeness (QED) is 0.582. The Bertz CT molecular complexity index is 1030. The van der Waals surface area contributed by atoms with Gasteiger partial charge in [-0.2, -0.15) is 4.98 Å². The Hall–Kier alpha value is -3.22. The first-order valence-electron chi connectivity index (χ1n) is 7.66. The number of aromatic nitrogens is 7. The van der Waals surface area contributed by atoms with Gasteiger partial charge in [-0.15, -0.1) is 5.10 Å². The zero-order chi connectivity index (χ0) is 16.7. The number of nitrogens with zero attached hydrogens (tertiary/aromatic N) is 7. The molecule has 0 aliphatic carbocycles. The van der Waals surface area contributed by atoms with Crippen molar-refractivity contribution in [2.45, 2.75) is 13.8 Å². The zero-order valence-corrected chi connectivity index (χ0v) is 13.7. The van der Waals surface area contributed by atoms with Crippen molar-refractivity contribution in [3.8, 4) is 5.82 Å². The van der Waals surface area contributed by atoms with Crippen molar-refractivity contribution in [3.63, 3.8) is 0 Å². The van der Waals surface area contributed by atoms with Gasteiger partial charge in [-0.05, 0) is 44.2 Å². The van der Waals surface area contributed by atoms with Gasteiger partial charge in [0.05, 0.1) is 0 Å². The lowest BCUT2D eigenvalue weighted by molar-refractivity contribution is 0.881. The van der Waals surface area contributed by atoms with Crippen LogP contribution in [0.1, 0.15) is 23.0 Å². The molecule has 0 N–H and O–H groups in total. The van der Waals surface area contributed by atoms with Gasteiger partial charge < -0.3 is 9.13 Å². The molecule has 4 aromatic heterocycles. The molecule has 0 aliphatic heterocycles. The second-order valence-corrected chi connectivity index (χ2v) is 5.71. The van der Waals surface area contributed by atoms with Crippen LogP contribution in [0.2, 0.25) is 0 Å². The van der Waals surface area contributed by atoms with E-state index in [0.29, 0.717) is 11.6 Å². The van der Waals surface area contributed by atoms with Crippen LogP contribution in [0.3, 0.4) is 0 Å². The minimum absolute atomic E-state index is 0.611. The molecular weight excluding hydrogens is 302 g/mol. The molecule has 0 spiro atoms.